The van der Waals surface area contributed by atoms with Crippen molar-refractivity contribution in [3.8, 4) is 0 Å². The fraction of sp³-hybridized carbons (Fsp3) is 0.474. The first kappa shape index (κ1) is 17.5. The van der Waals surface area contributed by atoms with E-state index in [1.807, 2.05) is 59.8 Å². The molecule has 6 heteroatoms. The number of aliphatic hydroxyl groups is 1. The number of urea groups is 1. The normalized spacial score (nSPS) is 16.7. The van der Waals surface area contributed by atoms with Crippen LogP contribution in [0.2, 0.25) is 0 Å². The average molecular weight is 342 g/mol. The molecule has 2 aromatic rings. The highest BCUT2D eigenvalue weighted by atomic mass is 16.3. The molecular weight excluding hydrogens is 316 g/mol. The van der Waals surface area contributed by atoms with Crippen LogP contribution in [-0.2, 0) is 6.54 Å². The highest BCUT2D eigenvalue weighted by molar-refractivity contribution is 5.88. The Morgan fingerprint density at radius 1 is 1.32 bits per heavy atom. The number of carbonyl (C=O) groups excluding carboxylic acids is 1. The molecule has 1 aliphatic rings. The molecule has 6 nitrogen and oxygen atoms in total. The van der Waals surface area contributed by atoms with Gasteiger partial charge in [-0.05, 0) is 38.2 Å². The number of hydrogen-bond donors (Lipinski definition) is 2. The number of hydrogen-bond acceptors (Lipinski definition) is 3. The molecule has 2 heterocycles. The number of aromatic nitrogens is 2. The van der Waals surface area contributed by atoms with E-state index in [9.17, 15) is 9.90 Å². The molecule has 2 N–H and O–H groups in total. The third-order valence-corrected chi connectivity index (χ3v) is 4.82. The number of likely N-dealkylation sites (tertiary alicyclic amines) is 1. The van der Waals surface area contributed by atoms with Crippen LogP contribution < -0.4 is 5.32 Å². The summed E-state index contributed by atoms with van der Waals surface area (Å²) < 4.78 is 1.82. The topological polar surface area (TPSA) is 70.4 Å². The maximum Gasteiger partial charge on any atom is 0.322 e. The van der Waals surface area contributed by atoms with Crippen LogP contribution in [0.25, 0.3) is 0 Å². The number of nitrogens with one attached hydrogen (secondary N) is 1. The van der Waals surface area contributed by atoms with E-state index in [0.29, 0.717) is 25.5 Å². The van der Waals surface area contributed by atoms with Gasteiger partial charge in [0.05, 0.1) is 18.3 Å². The summed E-state index contributed by atoms with van der Waals surface area (Å²) in [5.74, 6) is 0.999. The van der Waals surface area contributed by atoms with E-state index in [1.165, 1.54) is 0 Å². The molecule has 1 fully saturated rings. The van der Waals surface area contributed by atoms with Crippen molar-refractivity contribution < 1.29 is 9.90 Å². The van der Waals surface area contributed by atoms with Crippen molar-refractivity contribution in [1.29, 1.82) is 0 Å². The zero-order valence-electron chi connectivity index (χ0n) is 14.9. The van der Waals surface area contributed by atoms with E-state index in [0.717, 1.165) is 24.1 Å². The number of rotatable bonds is 4. The third-order valence-electron chi connectivity index (χ3n) is 4.82. The van der Waals surface area contributed by atoms with Gasteiger partial charge in [-0.15, -0.1) is 0 Å². The van der Waals surface area contributed by atoms with Crippen LogP contribution in [0.5, 0.6) is 0 Å². The molecule has 0 bridgehead atoms. The molecule has 0 aliphatic carbocycles. The molecule has 3 rings (SSSR count). The minimum atomic E-state index is -0.305. The van der Waals surface area contributed by atoms with Gasteiger partial charge in [-0.2, -0.15) is 5.10 Å². The van der Waals surface area contributed by atoms with Gasteiger partial charge in [0.25, 0.3) is 0 Å². The minimum absolute atomic E-state index is 0.0988. The van der Waals surface area contributed by atoms with Gasteiger partial charge in [0, 0.05) is 19.2 Å². The lowest BCUT2D eigenvalue weighted by Crippen LogP contribution is -2.43. The van der Waals surface area contributed by atoms with Crippen LogP contribution in [-0.4, -0.2) is 45.0 Å². The molecule has 0 spiro atoms. The lowest BCUT2D eigenvalue weighted by atomic mass is 9.92. The zero-order valence-corrected chi connectivity index (χ0v) is 14.9. The lowest BCUT2D eigenvalue weighted by molar-refractivity contribution is 0.0820. The van der Waals surface area contributed by atoms with Gasteiger partial charge < -0.3 is 10.0 Å². The summed E-state index contributed by atoms with van der Waals surface area (Å²) in [5.41, 5.74) is 2.01. The molecule has 0 radical (unpaired) electrons. The first-order valence-corrected chi connectivity index (χ1v) is 8.85. The van der Waals surface area contributed by atoms with Gasteiger partial charge in [-0.25, -0.2) is 9.48 Å². The average Bonchev–Trinajstić information content (AvgIpc) is 2.94. The number of amides is 2. The highest BCUT2D eigenvalue weighted by Crippen LogP contribution is 2.21. The summed E-state index contributed by atoms with van der Waals surface area (Å²) in [7, 11) is 0. The van der Waals surface area contributed by atoms with E-state index >= 15 is 0 Å². The molecule has 134 valence electrons. The molecule has 1 saturated heterocycles. The predicted molar refractivity (Wildman–Crippen MR) is 97.5 cm³/mol. The van der Waals surface area contributed by atoms with Gasteiger partial charge in [0.15, 0.2) is 0 Å². The zero-order chi connectivity index (χ0) is 17.8. The molecule has 1 atom stereocenters. The monoisotopic (exact) mass is 342 g/mol. The smallest absolute Gasteiger partial charge is 0.322 e. The number of piperidine rings is 1. The van der Waals surface area contributed by atoms with Crippen molar-refractivity contribution >= 4 is 11.8 Å². The second-order valence-corrected chi connectivity index (χ2v) is 6.81. The second kappa shape index (κ2) is 7.70. The van der Waals surface area contributed by atoms with Crippen molar-refractivity contribution in [3.63, 3.8) is 0 Å². The van der Waals surface area contributed by atoms with E-state index in [2.05, 4.69) is 10.4 Å². The van der Waals surface area contributed by atoms with Crippen molar-refractivity contribution in [3.05, 3.63) is 47.7 Å². The fourth-order valence-corrected chi connectivity index (χ4v) is 3.30. The van der Waals surface area contributed by atoms with E-state index in [-0.39, 0.29) is 18.1 Å². The predicted octanol–water partition coefficient (Wildman–Crippen LogP) is 2.86. The van der Waals surface area contributed by atoms with Crippen molar-refractivity contribution in [2.45, 2.75) is 39.3 Å². The van der Waals surface area contributed by atoms with Crippen LogP contribution in [0.15, 0.2) is 36.4 Å². The molecule has 25 heavy (non-hydrogen) atoms. The number of anilines is 1. The summed E-state index contributed by atoms with van der Waals surface area (Å²) in [6.45, 7) is 5.71. The van der Waals surface area contributed by atoms with Crippen molar-refractivity contribution in [2.75, 3.05) is 18.4 Å². The van der Waals surface area contributed by atoms with Gasteiger partial charge in [-0.3, -0.25) is 5.32 Å². The fourth-order valence-electron chi connectivity index (χ4n) is 3.30. The standard InChI is InChI=1S/C19H26N4O2/c1-14-12-18(23(21-14)13-16-6-4-3-5-7-16)20-19(25)22-10-8-17(9-11-22)15(2)24/h3-7,12,15,17,24H,8-11,13H2,1-2H3,(H,20,25). The SMILES string of the molecule is Cc1cc(NC(=O)N2CCC(C(C)O)CC2)n(Cc2ccccc2)n1. The number of aliphatic hydroxyl groups excluding tert-OH is 1. The molecule has 1 unspecified atom stereocenters. The number of nitrogens with zero attached hydrogens (tertiary/aromatic N) is 3. The third kappa shape index (κ3) is 4.39. The maximum atomic E-state index is 12.6. The summed E-state index contributed by atoms with van der Waals surface area (Å²) in [6.07, 6.45) is 1.38. The Kier molecular flexibility index (Phi) is 5.38. The van der Waals surface area contributed by atoms with E-state index in [4.69, 9.17) is 0 Å². The molecule has 1 aromatic carbocycles. The van der Waals surface area contributed by atoms with Crippen LogP contribution in [0.4, 0.5) is 10.6 Å². The summed E-state index contributed by atoms with van der Waals surface area (Å²) in [5, 5.41) is 17.2. The summed E-state index contributed by atoms with van der Waals surface area (Å²) in [6, 6.07) is 11.9. The number of benzene rings is 1. The Morgan fingerprint density at radius 2 is 2.00 bits per heavy atom. The van der Waals surface area contributed by atoms with Crippen LogP contribution >= 0.6 is 0 Å². The molecular formula is C19H26N4O2. The maximum absolute atomic E-state index is 12.6. The molecule has 1 aliphatic heterocycles. The number of carbonyl (C=O) groups is 1. The lowest BCUT2D eigenvalue weighted by Gasteiger charge is -2.33. The van der Waals surface area contributed by atoms with Gasteiger partial charge >= 0.3 is 6.03 Å². The van der Waals surface area contributed by atoms with Crippen LogP contribution in [0.1, 0.15) is 31.0 Å². The Morgan fingerprint density at radius 3 is 2.64 bits per heavy atom. The van der Waals surface area contributed by atoms with Gasteiger partial charge in [-0.1, -0.05) is 30.3 Å². The Labute approximate surface area is 148 Å². The largest absolute Gasteiger partial charge is 0.393 e. The second-order valence-electron chi connectivity index (χ2n) is 6.81. The Balaban J connectivity index is 1.64. The van der Waals surface area contributed by atoms with Crippen molar-refractivity contribution in [1.82, 2.24) is 14.7 Å². The van der Waals surface area contributed by atoms with Gasteiger partial charge in [0.1, 0.15) is 5.82 Å². The summed E-state index contributed by atoms with van der Waals surface area (Å²) in [4.78, 5) is 14.4. The Hall–Kier alpha value is -2.34. The quantitative estimate of drug-likeness (QED) is 0.897. The van der Waals surface area contributed by atoms with E-state index in [1.54, 1.807) is 0 Å². The number of aryl methyl sites for hydroxylation is 1. The highest BCUT2D eigenvalue weighted by Gasteiger charge is 2.26. The van der Waals surface area contributed by atoms with Crippen LogP contribution in [0.3, 0.4) is 0 Å². The Bertz CT molecular complexity index is 703. The molecule has 2 amide bonds. The van der Waals surface area contributed by atoms with Crippen LogP contribution in [0, 0.1) is 12.8 Å². The first-order valence-electron chi connectivity index (χ1n) is 8.85. The minimum Gasteiger partial charge on any atom is -0.393 e. The first-order chi connectivity index (χ1) is 12.0. The molecule has 1 aromatic heterocycles. The van der Waals surface area contributed by atoms with Gasteiger partial charge in [0.2, 0.25) is 0 Å². The van der Waals surface area contributed by atoms with Crippen molar-refractivity contribution in [2.24, 2.45) is 5.92 Å². The molecule has 0 saturated carbocycles. The summed E-state index contributed by atoms with van der Waals surface area (Å²) >= 11 is 0. The van der Waals surface area contributed by atoms with E-state index < -0.39 is 0 Å².